The molecule has 0 aliphatic carbocycles. The number of aromatic amines is 2. The minimum absolute atomic E-state index is 1.05. The Morgan fingerprint density at radius 2 is 2.06 bits per heavy atom. The minimum Gasteiger partial charge on any atom is -0.353 e. The number of benzene rings is 1. The topological polar surface area (TPSA) is 44.5 Å². The van der Waals surface area contributed by atoms with Crippen LogP contribution in [0.1, 0.15) is 0 Å². The Morgan fingerprint density at radius 1 is 1.12 bits per heavy atom. The Hall–Kier alpha value is -2.07. The molecule has 2 N–H and O–H groups in total. The van der Waals surface area contributed by atoms with Crippen molar-refractivity contribution in [3.63, 3.8) is 0 Å². The second-order valence-electron chi connectivity index (χ2n) is 4.01. The number of para-hydroxylation sites is 1. The SMILES string of the molecule is c1ccc2[nH]c(-c3[nH]nc4sccc34)cc2c1. The second-order valence-corrected chi connectivity index (χ2v) is 4.90. The minimum atomic E-state index is 1.05. The summed E-state index contributed by atoms with van der Waals surface area (Å²) >= 11 is 1.65. The monoisotopic (exact) mass is 239 g/mol. The van der Waals surface area contributed by atoms with E-state index in [4.69, 9.17) is 0 Å². The van der Waals surface area contributed by atoms with Gasteiger partial charge in [0.25, 0.3) is 0 Å². The lowest BCUT2D eigenvalue weighted by molar-refractivity contribution is 1.12. The van der Waals surface area contributed by atoms with Gasteiger partial charge in [0, 0.05) is 16.3 Å². The van der Waals surface area contributed by atoms with Gasteiger partial charge >= 0.3 is 0 Å². The molecule has 0 saturated carbocycles. The first-order valence-electron chi connectivity index (χ1n) is 5.41. The van der Waals surface area contributed by atoms with Crippen LogP contribution in [-0.4, -0.2) is 15.2 Å². The van der Waals surface area contributed by atoms with Gasteiger partial charge in [0.05, 0.1) is 11.4 Å². The predicted molar refractivity (Wildman–Crippen MR) is 71.3 cm³/mol. The van der Waals surface area contributed by atoms with E-state index in [2.05, 4.69) is 44.8 Å². The fraction of sp³-hybridized carbons (Fsp3) is 0. The molecule has 3 nitrogen and oxygen atoms in total. The third kappa shape index (κ3) is 1.24. The second kappa shape index (κ2) is 3.21. The summed E-state index contributed by atoms with van der Waals surface area (Å²) in [5, 5.41) is 11.9. The highest BCUT2D eigenvalue weighted by Gasteiger charge is 2.10. The molecule has 4 aromatic rings. The molecule has 0 aliphatic rings. The van der Waals surface area contributed by atoms with Crippen LogP contribution in [0.5, 0.6) is 0 Å². The number of aromatic nitrogens is 3. The zero-order chi connectivity index (χ0) is 11.2. The summed E-state index contributed by atoms with van der Waals surface area (Å²) in [7, 11) is 0. The number of nitrogens with one attached hydrogen (secondary N) is 2. The standard InChI is InChI=1S/C13H9N3S/c1-2-4-10-8(3-1)7-11(14-10)12-9-5-6-17-13(9)16-15-12/h1-7,14H,(H,15,16). The lowest BCUT2D eigenvalue weighted by Gasteiger charge is -1.91. The van der Waals surface area contributed by atoms with Crippen LogP contribution in [0.25, 0.3) is 32.5 Å². The average molecular weight is 239 g/mol. The maximum Gasteiger partial charge on any atom is 0.145 e. The molecule has 0 spiro atoms. The van der Waals surface area contributed by atoms with Gasteiger partial charge in [0.1, 0.15) is 4.83 Å². The quantitative estimate of drug-likeness (QED) is 0.521. The fourth-order valence-corrected chi connectivity index (χ4v) is 2.89. The molecule has 0 bridgehead atoms. The Kier molecular flexibility index (Phi) is 1.70. The third-order valence-corrected chi connectivity index (χ3v) is 3.79. The zero-order valence-corrected chi connectivity index (χ0v) is 9.71. The first kappa shape index (κ1) is 9.01. The predicted octanol–water partition coefficient (Wildman–Crippen LogP) is 3.77. The number of nitrogens with zero attached hydrogens (tertiary/aromatic N) is 1. The number of thiophene rings is 1. The Balaban J connectivity index is 2.02. The van der Waals surface area contributed by atoms with Crippen LogP contribution < -0.4 is 0 Å². The van der Waals surface area contributed by atoms with Gasteiger partial charge in [0.2, 0.25) is 0 Å². The summed E-state index contributed by atoms with van der Waals surface area (Å²) in [6.45, 7) is 0. The first-order valence-corrected chi connectivity index (χ1v) is 6.29. The zero-order valence-electron chi connectivity index (χ0n) is 8.90. The molecular weight excluding hydrogens is 230 g/mol. The van der Waals surface area contributed by atoms with Crippen LogP contribution in [0.4, 0.5) is 0 Å². The normalized spacial score (nSPS) is 11.5. The highest BCUT2D eigenvalue weighted by atomic mass is 32.1. The summed E-state index contributed by atoms with van der Waals surface area (Å²) < 4.78 is 0. The molecule has 17 heavy (non-hydrogen) atoms. The molecule has 0 saturated heterocycles. The summed E-state index contributed by atoms with van der Waals surface area (Å²) in [5.41, 5.74) is 3.31. The number of fused-ring (bicyclic) bond motifs is 2. The molecule has 4 heteroatoms. The van der Waals surface area contributed by atoms with Gasteiger partial charge in [-0.15, -0.1) is 11.3 Å². The molecule has 0 atom stereocenters. The van der Waals surface area contributed by atoms with Crippen LogP contribution in [0.15, 0.2) is 41.8 Å². The number of H-pyrrole nitrogens is 2. The van der Waals surface area contributed by atoms with E-state index >= 15 is 0 Å². The van der Waals surface area contributed by atoms with Crippen molar-refractivity contribution in [2.24, 2.45) is 0 Å². The molecule has 3 heterocycles. The first-order chi connectivity index (χ1) is 8.42. The van der Waals surface area contributed by atoms with Crippen LogP contribution in [0.2, 0.25) is 0 Å². The molecule has 3 aromatic heterocycles. The van der Waals surface area contributed by atoms with Gasteiger partial charge in [0.15, 0.2) is 0 Å². The van der Waals surface area contributed by atoms with Crippen LogP contribution >= 0.6 is 11.3 Å². The summed E-state index contributed by atoms with van der Waals surface area (Å²) in [6.07, 6.45) is 0. The van der Waals surface area contributed by atoms with E-state index in [9.17, 15) is 0 Å². The summed E-state index contributed by atoms with van der Waals surface area (Å²) in [6, 6.07) is 12.5. The smallest absolute Gasteiger partial charge is 0.145 e. The maximum absolute atomic E-state index is 4.30. The number of hydrogen-bond donors (Lipinski definition) is 2. The van der Waals surface area contributed by atoms with E-state index < -0.39 is 0 Å². The van der Waals surface area contributed by atoms with Crippen molar-refractivity contribution in [3.8, 4) is 11.4 Å². The summed E-state index contributed by atoms with van der Waals surface area (Å²) in [4.78, 5) is 4.47. The van der Waals surface area contributed by atoms with Gasteiger partial charge in [-0.3, -0.25) is 5.10 Å². The van der Waals surface area contributed by atoms with Gasteiger partial charge in [-0.25, -0.2) is 0 Å². The van der Waals surface area contributed by atoms with Gasteiger partial charge in [-0.1, -0.05) is 18.2 Å². The van der Waals surface area contributed by atoms with Crippen LogP contribution in [0.3, 0.4) is 0 Å². The molecule has 0 radical (unpaired) electrons. The van der Waals surface area contributed by atoms with Crippen molar-refractivity contribution < 1.29 is 0 Å². The van der Waals surface area contributed by atoms with Crippen molar-refractivity contribution in [3.05, 3.63) is 41.8 Å². The van der Waals surface area contributed by atoms with E-state index in [0.717, 1.165) is 21.7 Å². The third-order valence-electron chi connectivity index (χ3n) is 2.98. The largest absolute Gasteiger partial charge is 0.353 e. The highest BCUT2D eigenvalue weighted by Crippen LogP contribution is 2.30. The van der Waals surface area contributed by atoms with E-state index in [0.29, 0.717) is 0 Å². The van der Waals surface area contributed by atoms with Gasteiger partial charge < -0.3 is 4.98 Å². The van der Waals surface area contributed by atoms with Crippen molar-refractivity contribution in [1.82, 2.24) is 15.2 Å². The molecule has 0 fully saturated rings. The molecular formula is C13H9N3S. The van der Waals surface area contributed by atoms with Gasteiger partial charge in [-0.05, 0) is 23.6 Å². The van der Waals surface area contributed by atoms with E-state index in [1.807, 2.05) is 12.1 Å². The molecule has 4 rings (SSSR count). The summed E-state index contributed by atoms with van der Waals surface area (Å²) in [5.74, 6) is 0. The number of rotatable bonds is 1. The molecule has 82 valence electrons. The van der Waals surface area contributed by atoms with E-state index in [-0.39, 0.29) is 0 Å². The Morgan fingerprint density at radius 3 is 3.00 bits per heavy atom. The van der Waals surface area contributed by atoms with Gasteiger partial charge in [-0.2, -0.15) is 5.10 Å². The van der Waals surface area contributed by atoms with E-state index in [1.54, 1.807) is 11.3 Å². The van der Waals surface area contributed by atoms with Crippen LogP contribution in [-0.2, 0) is 0 Å². The van der Waals surface area contributed by atoms with Crippen molar-refractivity contribution in [2.45, 2.75) is 0 Å². The van der Waals surface area contributed by atoms with Crippen LogP contribution in [0, 0.1) is 0 Å². The maximum atomic E-state index is 4.30. The Bertz CT molecular complexity index is 773. The van der Waals surface area contributed by atoms with Crippen molar-refractivity contribution in [2.75, 3.05) is 0 Å². The Labute approximate surface area is 101 Å². The fourth-order valence-electron chi connectivity index (χ4n) is 2.16. The molecule has 1 aromatic carbocycles. The average Bonchev–Trinajstić information content (AvgIpc) is 3.02. The van der Waals surface area contributed by atoms with Crippen molar-refractivity contribution >= 4 is 32.5 Å². The van der Waals surface area contributed by atoms with Crippen molar-refractivity contribution in [1.29, 1.82) is 0 Å². The molecule has 0 aliphatic heterocycles. The molecule has 0 unspecified atom stereocenters. The number of hydrogen-bond acceptors (Lipinski definition) is 2. The lowest BCUT2D eigenvalue weighted by Crippen LogP contribution is -1.77. The molecule has 0 amide bonds. The lowest BCUT2D eigenvalue weighted by atomic mass is 10.2. The highest BCUT2D eigenvalue weighted by molar-refractivity contribution is 7.16. The van der Waals surface area contributed by atoms with E-state index in [1.165, 1.54) is 10.8 Å².